The Hall–Kier alpha value is -2.41. The number of rotatable bonds is 7. The van der Waals surface area contributed by atoms with E-state index in [1.165, 1.54) is 6.20 Å². The van der Waals surface area contributed by atoms with Gasteiger partial charge in [0.25, 0.3) is 5.91 Å². The minimum atomic E-state index is -0.150. The maximum absolute atomic E-state index is 12.0. The fourth-order valence-corrected chi connectivity index (χ4v) is 2.39. The summed E-state index contributed by atoms with van der Waals surface area (Å²) in [6, 6.07) is 3.42. The Morgan fingerprint density at radius 3 is 3.09 bits per heavy atom. The number of carbonyl (C=O) groups is 1. The number of carbonyl (C=O) groups excluding carboxylic acids is 1. The molecule has 1 amide bonds. The average molecular weight is 316 g/mol. The summed E-state index contributed by atoms with van der Waals surface area (Å²) in [5, 5.41) is 2.85. The smallest absolute Gasteiger partial charge is 0.252 e. The van der Waals surface area contributed by atoms with Gasteiger partial charge in [-0.2, -0.15) is 0 Å². The van der Waals surface area contributed by atoms with E-state index in [0.717, 1.165) is 25.1 Å². The van der Waals surface area contributed by atoms with E-state index in [-0.39, 0.29) is 12.0 Å². The SMILES string of the molecule is O=C(NCCc1cnc[nH]1)c1ccc(OCC2CCCO2)nc1. The van der Waals surface area contributed by atoms with Crippen molar-refractivity contribution in [3.05, 3.63) is 42.1 Å². The van der Waals surface area contributed by atoms with Crippen LogP contribution in [0.25, 0.3) is 0 Å². The van der Waals surface area contributed by atoms with Gasteiger partial charge in [0.1, 0.15) is 6.61 Å². The first kappa shape index (κ1) is 15.5. The van der Waals surface area contributed by atoms with E-state index in [0.29, 0.717) is 31.0 Å². The third kappa shape index (κ3) is 4.53. The Kier molecular flexibility index (Phi) is 5.21. The third-order valence-corrected chi connectivity index (χ3v) is 3.67. The molecule has 1 atom stereocenters. The summed E-state index contributed by atoms with van der Waals surface area (Å²) in [7, 11) is 0. The first-order chi connectivity index (χ1) is 11.3. The molecule has 0 aromatic carbocycles. The number of H-pyrrole nitrogens is 1. The Balaban J connectivity index is 1.43. The number of pyridine rings is 1. The monoisotopic (exact) mass is 316 g/mol. The molecular weight excluding hydrogens is 296 g/mol. The first-order valence-electron chi connectivity index (χ1n) is 7.77. The van der Waals surface area contributed by atoms with Gasteiger partial charge in [0.2, 0.25) is 5.88 Å². The third-order valence-electron chi connectivity index (χ3n) is 3.67. The fourth-order valence-electron chi connectivity index (χ4n) is 2.39. The van der Waals surface area contributed by atoms with Gasteiger partial charge in [0.15, 0.2) is 0 Å². The van der Waals surface area contributed by atoms with Crippen molar-refractivity contribution < 1.29 is 14.3 Å². The topological polar surface area (TPSA) is 89.1 Å². The summed E-state index contributed by atoms with van der Waals surface area (Å²) < 4.78 is 11.1. The summed E-state index contributed by atoms with van der Waals surface area (Å²) in [6.07, 6.45) is 7.86. The van der Waals surface area contributed by atoms with Crippen molar-refractivity contribution in [1.82, 2.24) is 20.3 Å². The lowest BCUT2D eigenvalue weighted by Crippen LogP contribution is -2.25. The largest absolute Gasteiger partial charge is 0.475 e. The van der Waals surface area contributed by atoms with Crippen LogP contribution in [0.5, 0.6) is 5.88 Å². The van der Waals surface area contributed by atoms with Crippen molar-refractivity contribution in [3.8, 4) is 5.88 Å². The lowest BCUT2D eigenvalue weighted by Gasteiger charge is -2.10. The van der Waals surface area contributed by atoms with Crippen LogP contribution in [0.3, 0.4) is 0 Å². The second-order valence-electron chi connectivity index (χ2n) is 5.41. The van der Waals surface area contributed by atoms with E-state index < -0.39 is 0 Å². The molecule has 0 aliphatic carbocycles. The van der Waals surface area contributed by atoms with E-state index in [9.17, 15) is 4.79 Å². The van der Waals surface area contributed by atoms with Crippen LogP contribution in [0.1, 0.15) is 28.9 Å². The highest BCUT2D eigenvalue weighted by molar-refractivity contribution is 5.93. The number of aromatic amines is 1. The van der Waals surface area contributed by atoms with Crippen LogP contribution in [0.15, 0.2) is 30.9 Å². The van der Waals surface area contributed by atoms with Crippen molar-refractivity contribution in [2.75, 3.05) is 19.8 Å². The molecule has 3 rings (SSSR count). The standard InChI is InChI=1S/C16H20N4O3/c21-16(18-6-5-13-9-17-11-20-13)12-3-4-15(19-8-12)23-10-14-2-1-7-22-14/h3-4,8-9,11,14H,1-2,5-7,10H2,(H,17,20)(H,18,21). The van der Waals surface area contributed by atoms with Crippen molar-refractivity contribution in [2.24, 2.45) is 0 Å². The molecule has 1 saturated heterocycles. The lowest BCUT2D eigenvalue weighted by molar-refractivity contribution is 0.0663. The molecule has 3 heterocycles. The van der Waals surface area contributed by atoms with Crippen LogP contribution in [0.2, 0.25) is 0 Å². The van der Waals surface area contributed by atoms with Gasteiger partial charge < -0.3 is 19.8 Å². The van der Waals surface area contributed by atoms with E-state index >= 15 is 0 Å². The van der Waals surface area contributed by atoms with Crippen molar-refractivity contribution in [1.29, 1.82) is 0 Å². The van der Waals surface area contributed by atoms with Gasteiger partial charge in [-0.25, -0.2) is 9.97 Å². The number of imidazole rings is 1. The molecule has 2 N–H and O–H groups in total. The number of ether oxygens (including phenoxy) is 2. The second kappa shape index (κ2) is 7.73. The van der Waals surface area contributed by atoms with Crippen LogP contribution >= 0.6 is 0 Å². The number of hydrogen-bond acceptors (Lipinski definition) is 5. The normalized spacial score (nSPS) is 17.1. The van der Waals surface area contributed by atoms with Crippen molar-refractivity contribution in [3.63, 3.8) is 0 Å². The molecule has 7 heteroatoms. The summed E-state index contributed by atoms with van der Waals surface area (Å²) in [5.74, 6) is 0.359. The quantitative estimate of drug-likeness (QED) is 0.804. The highest BCUT2D eigenvalue weighted by Crippen LogP contribution is 2.14. The van der Waals surface area contributed by atoms with Crippen LogP contribution in [-0.2, 0) is 11.2 Å². The van der Waals surface area contributed by atoms with Crippen LogP contribution in [0, 0.1) is 0 Å². The summed E-state index contributed by atoms with van der Waals surface area (Å²) in [6.45, 7) is 1.85. The molecule has 7 nitrogen and oxygen atoms in total. The van der Waals surface area contributed by atoms with E-state index in [1.54, 1.807) is 24.7 Å². The zero-order chi connectivity index (χ0) is 15.9. The Morgan fingerprint density at radius 2 is 2.39 bits per heavy atom. The first-order valence-corrected chi connectivity index (χ1v) is 7.77. The predicted octanol–water partition coefficient (Wildman–Crippen LogP) is 1.33. The minimum Gasteiger partial charge on any atom is -0.475 e. The molecule has 1 aliphatic heterocycles. The lowest BCUT2D eigenvalue weighted by atomic mass is 10.2. The fraction of sp³-hybridized carbons (Fsp3) is 0.438. The maximum Gasteiger partial charge on any atom is 0.252 e. The minimum absolute atomic E-state index is 0.150. The van der Waals surface area contributed by atoms with Gasteiger partial charge in [-0.3, -0.25) is 4.79 Å². The summed E-state index contributed by atoms with van der Waals surface area (Å²) >= 11 is 0. The van der Waals surface area contributed by atoms with Gasteiger partial charge in [0.05, 0.1) is 18.0 Å². The summed E-state index contributed by atoms with van der Waals surface area (Å²) in [5.41, 5.74) is 1.50. The van der Waals surface area contributed by atoms with Crippen molar-refractivity contribution in [2.45, 2.75) is 25.4 Å². The predicted molar refractivity (Wildman–Crippen MR) is 83.3 cm³/mol. The maximum atomic E-state index is 12.0. The summed E-state index contributed by atoms with van der Waals surface area (Å²) in [4.78, 5) is 23.1. The molecule has 23 heavy (non-hydrogen) atoms. The number of nitrogens with zero attached hydrogens (tertiary/aromatic N) is 2. The van der Waals surface area contributed by atoms with E-state index in [2.05, 4.69) is 20.3 Å². The Bertz CT molecular complexity index is 607. The van der Waals surface area contributed by atoms with Gasteiger partial charge in [-0.1, -0.05) is 0 Å². The molecule has 1 unspecified atom stereocenters. The molecule has 1 aliphatic rings. The highest BCUT2D eigenvalue weighted by atomic mass is 16.5. The molecule has 0 radical (unpaired) electrons. The van der Waals surface area contributed by atoms with Gasteiger partial charge in [-0.15, -0.1) is 0 Å². The molecule has 2 aromatic rings. The van der Waals surface area contributed by atoms with Crippen molar-refractivity contribution >= 4 is 5.91 Å². The molecule has 0 bridgehead atoms. The van der Waals surface area contributed by atoms with Crippen LogP contribution in [0.4, 0.5) is 0 Å². The molecule has 1 fully saturated rings. The van der Waals surface area contributed by atoms with Gasteiger partial charge in [0, 0.05) is 43.7 Å². The van der Waals surface area contributed by atoms with Gasteiger partial charge >= 0.3 is 0 Å². The van der Waals surface area contributed by atoms with E-state index in [4.69, 9.17) is 9.47 Å². The van der Waals surface area contributed by atoms with Gasteiger partial charge in [-0.05, 0) is 18.9 Å². The molecule has 2 aromatic heterocycles. The zero-order valence-electron chi connectivity index (χ0n) is 12.8. The number of nitrogens with one attached hydrogen (secondary N) is 2. The molecule has 0 spiro atoms. The Morgan fingerprint density at radius 1 is 1.43 bits per heavy atom. The molecular formula is C16H20N4O3. The molecule has 0 saturated carbocycles. The number of aromatic nitrogens is 3. The van der Waals surface area contributed by atoms with Crippen LogP contribution in [-0.4, -0.2) is 46.7 Å². The number of amides is 1. The average Bonchev–Trinajstić information content (AvgIpc) is 3.27. The molecule has 122 valence electrons. The van der Waals surface area contributed by atoms with Crippen LogP contribution < -0.4 is 10.1 Å². The number of hydrogen-bond donors (Lipinski definition) is 2. The Labute approximate surface area is 134 Å². The highest BCUT2D eigenvalue weighted by Gasteiger charge is 2.16. The van der Waals surface area contributed by atoms with E-state index in [1.807, 2.05) is 0 Å². The second-order valence-corrected chi connectivity index (χ2v) is 5.41. The zero-order valence-corrected chi connectivity index (χ0v) is 12.8.